The second kappa shape index (κ2) is 3.07. The van der Waals surface area contributed by atoms with Crippen LogP contribution in [-0.4, -0.2) is 16.4 Å². The van der Waals surface area contributed by atoms with E-state index >= 15 is 0 Å². The van der Waals surface area contributed by atoms with E-state index in [2.05, 4.69) is 5.73 Å². The third-order valence-electron chi connectivity index (χ3n) is 0.275. The van der Waals surface area contributed by atoms with Crippen LogP contribution in [0.4, 0.5) is 0 Å². The summed E-state index contributed by atoms with van der Waals surface area (Å²) in [6.45, 7) is -0.136. The largest absolute Gasteiger partial charge is 0.368 e. The van der Waals surface area contributed by atoms with E-state index in [4.69, 9.17) is 23.6 Å². The monoisotopic (exact) mass is 142 g/mol. The Balaban J connectivity index is 3.13. The average Bonchev–Trinajstić information content (AvgIpc) is 1.27. The number of primary amides is 1. The molecule has 0 bridgehead atoms. The Morgan fingerprint density at radius 3 is 2.14 bits per heavy atom. The zero-order valence-electron chi connectivity index (χ0n) is 3.40. The zero-order chi connectivity index (χ0) is 5.86. The maximum Gasteiger partial charge on any atom is 0.234 e. The normalized spacial score (nSPS) is 9.57. The van der Waals surface area contributed by atoms with Crippen LogP contribution in [0.5, 0.6) is 0 Å². The van der Waals surface area contributed by atoms with Crippen LogP contribution in [0.25, 0.3) is 0 Å². The molecule has 0 spiro atoms. The topological polar surface area (TPSA) is 46.3 Å². The molecular weight excluding hydrogens is 139 g/mol. The van der Waals surface area contributed by atoms with Gasteiger partial charge < -0.3 is 5.73 Å². The average molecular weight is 143 g/mol. The van der Waals surface area contributed by atoms with Gasteiger partial charge in [0, 0.05) is 0 Å². The highest BCUT2D eigenvalue weighted by atomic mass is 35.5. The van der Waals surface area contributed by atoms with Crippen LogP contribution in [0.2, 0.25) is 0 Å². The summed E-state index contributed by atoms with van der Waals surface area (Å²) < 4.78 is 0.669. The summed E-state index contributed by atoms with van der Waals surface area (Å²) in [6, 6.07) is 0. The van der Waals surface area contributed by atoms with Gasteiger partial charge in [-0.3, -0.25) is 4.79 Å². The van der Waals surface area contributed by atoms with Gasteiger partial charge in [0.05, 0.1) is 0 Å². The van der Waals surface area contributed by atoms with Gasteiger partial charge in [-0.15, -0.1) is 3.94 Å². The highest BCUT2D eigenvalue weighted by Gasteiger charge is 1.97. The summed E-state index contributed by atoms with van der Waals surface area (Å²) in [5.41, 5.74) is 4.64. The fraction of sp³-hybridized carbons (Fsp3) is 0.500. The minimum Gasteiger partial charge on any atom is -0.368 e. The van der Waals surface area contributed by atoms with Gasteiger partial charge in [-0.05, 0) is 23.6 Å². The third kappa shape index (κ3) is 6.01. The maximum atomic E-state index is 9.82. The van der Waals surface area contributed by atoms with E-state index in [1.165, 1.54) is 0 Å². The molecule has 0 aromatic carbocycles. The second-order valence-corrected chi connectivity index (χ2v) is 1.92. The van der Waals surface area contributed by atoms with Crippen LogP contribution in [-0.2, 0) is 4.79 Å². The molecule has 0 unspecified atom stereocenters. The summed E-state index contributed by atoms with van der Waals surface area (Å²) in [7, 11) is 0. The molecule has 0 aromatic rings. The Morgan fingerprint density at radius 1 is 1.71 bits per heavy atom. The van der Waals surface area contributed by atoms with Gasteiger partial charge in [-0.1, -0.05) is 0 Å². The molecule has 0 atom stereocenters. The molecule has 0 aliphatic heterocycles. The van der Waals surface area contributed by atoms with E-state index in [9.17, 15) is 4.79 Å². The van der Waals surface area contributed by atoms with Crippen LogP contribution in [0.3, 0.4) is 0 Å². The van der Waals surface area contributed by atoms with Crippen molar-refractivity contribution in [3.8, 4) is 0 Å². The first kappa shape index (κ1) is 7.01. The number of carbonyl (C=O) groups is 1. The number of carbonyl (C=O) groups excluding carboxylic acids is 1. The molecule has 0 heterocycles. The van der Waals surface area contributed by atoms with Crippen molar-refractivity contribution in [1.29, 1.82) is 0 Å². The number of hydrogen-bond donors (Lipinski definition) is 1. The van der Waals surface area contributed by atoms with Crippen molar-refractivity contribution in [1.82, 2.24) is 3.94 Å². The number of amides is 1. The number of rotatable bonds is 2. The number of hydrogen-bond acceptors (Lipinski definition) is 2. The number of nitrogens with two attached hydrogens (primary N) is 1. The Morgan fingerprint density at radius 2 is 2.14 bits per heavy atom. The molecule has 0 aliphatic carbocycles. The van der Waals surface area contributed by atoms with E-state index in [0.29, 0.717) is 3.94 Å². The Hall–Kier alpha value is 0.01000. The Kier molecular flexibility index (Phi) is 3.07. The highest BCUT2D eigenvalue weighted by molar-refractivity contribution is 6.34. The Labute approximate surface area is 51.2 Å². The van der Waals surface area contributed by atoms with Crippen LogP contribution < -0.4 is 5.73 Å². The molecular formula is C2H4Cl2N2O. The first-order valence-corrected chi connectivity index (χ1v) is 2.18. The molecule has 0 radical (unpaired) electrons. The lowest BCUT2D eigenvalue weighted by Gasteiger charge is -1.95. The summed E-state index contributed by atoms with van der Waals surface area (Å²) in [5, 5.41) is 0. The minimum absolute atomic E-state index is 0.136. The quantitative estimate of drug-likeness (QED) is 0.556. The molecule has 2 N–H and O–H groups in total. The molecule has 0 fully saturated rings. The fourth-order valence-electron chi connectivity index (χ4n) is 0.118. The highest BCUT2D eigenvalue weighted by Crippen LogP contribution is 1.94. The molecule has 42 valence electrons. The van der Waals surface area contributed by atoms with Crippen molar-refractivity contribution in [3.05, 3.63) is 0 Å². The van der Waals surface area contributed by atoms with E-state index in [1.807, 2.05) is 0 Å². The molecule has 0 aliphatic rings. The summed E-state index contributed by atoms with van der Waals surface area (Å²) in [6.07, 6.45) is 0. The van der Waals surface area contributed by atoms with E-state index in [1.54, 1.807) is 0 Å². The van der Waals surface area contributed by atoms with Crippen molar-refractivity contribution < 1.29 is 4.79 Å². The lowest BCUT2D eigenvalue weighted by molar-refractivity contribution is -0.117. The first-order valence-electron chi connectivity index (χ1n) is 1.50. The van der Waals surface area contributed by atoms with Crippen molar-refractivity contribution >= 4 is 29.5 Å². The third-order valence-corrected chi connectivity index (χ3v) is 0.514. The molecule has 5 heteroatoms. The molecule has 0 saturated carbocycles. The van der Waals surface area contributed by atoms with Crippen molar-refractivity contribution in [2.45, 2.75) is 0 Å². The predicted molar refractivity (Wildman–Crippen MR) is 27.6 cm³/mol. The minimum atomic E-state index is -0.551. The molecule has 0 aromatic heterocycles. The molecule has 3 nitrogen and oxygen atoms in total. The van der Waals surface area contributed by atoms with Crippen LogP contribution in [0.15, 0.2) is 0 Å². The van der Waals surface area contributed by atoms with Gasteiger partial charge in [-0.25, -0.2) is 0 Å². The molecule has 0 saturated heterocycles. The molecule has 7 heavy (non-hydrogen) atoms. The number of nitrogens with zero attached hydrogens (tertiary/aromatic N) is 1. The van der Waals surface area contributed by atoms with Crippen LogP contribution in [0.1, 0.15) is 0 Å². The van der Waals surface area contributed by atoms with Gasteiger partial charge >= 0.3 is 0 Å². The van der Waals surface area contributed by atoms with E-state index in [0.717, 1.165) is 0 Å². The first-order chi connectivity index (χ1) is 3.13. The smallest absolute Gasteiger partial charge is 0.234 e. The van der Waals surface area contributed by atoms with Gasteiger partial charge in [-0.2, -0.15) is 0 Å². The van der Waals surface area contributed by atoms with Crippen molar-refractivity contribution in [2.75, 3.05) is 6.54 Å². The van der Waals surface area contributed by atoms with Gasteiger partial charge in [0.15, 0.2) is 0 Å². The summed E-state index contributed by atoms with van der Waals surface area (Å²) in [5.74, 6) is -0.551. The second-order valence-electron chi connectivity index (χ2n) is 0.927. The van der Waals surface area contributed by atoms with Crippen LogP contribution >= 0.6 is 23.6 Å². The summed E-state index contributed by atoms with van der Waals surface area (Å²) in [4.78, 5) is 9.82. The maximum absolute atomic E-state index is 9.82. The number of halogens is 2. The standard InChI is InChI=1S/C2H4Cl2N2O/c3-6(4)1-2(5)7/h1H2,(H2,5,7). The van der Waals surface area contributed by atoms with Gasteiger partial charge in [0.25, 0.3) is 0 Å². The predicted octanol–water partition coefficient (Wildman–Crippen LogP) is 0.0813. The lowest BCUT2D eigenvalue weighted by atomic mass is 10.7. The summed E-state index contributed by atoms with van der Waals surface area (Å²) >= 11 is 9.94. The van der Waals surface area contributed by atoms with Crippen LogP contribution in [0, 0.1) is 0 Å². The lowest BCUT2D eigenvalue weighted by Crippen LogP contribution is -2.21. The molecule has 1 amide bonds. The Bertz CT molecular complexity index is 74.1. The van der Waals surface area contributed by atoms with Crippen molar-refractivity contribution in [2.24, 2.45) is 5.73 Å². The van der Waals surface area contributed by atoms with Gasteiger partial charge in [0.1, 0.15) is 6.54 Å². The fourth-order valence-corrected chi connectivity index (χ4v) is 0.353. The zero-order valence-corrected chi connectivity index (χ0v) is 4.91. The van der Waals surface area contributed by atoms with Crippen molar-refractivity contribution in [3.63, 3.8) is 0 Å². The SMILES string of the molecule is NC(=O)CN(Cl)Cl. The van der Waals surface area contributed by atoms with Gasteiger partial charge in [0.2, 0.25) is 5.91 Å². The van der Waals surface area contributed by atoms with E-state index < -0.39 is 5.91 Å². The molecule has 0 rings (SSSR count). The van der Waals surface area contributed by atoms with E-state index in [-0.39, 0.29) is 6.54 Å².